The van der Waals surface area contributed by atoms with E-state index in [0.29, 0.717) is 17.0 Å². The summed E-state index contributed by atoms with van der Waals surface area (Å²) < 4.78 is 36.2. The van der Waals surface area contributed by atoms with Gasteiger partial charge in [0.2, 0.25) is 0 Å². The Hall–Kier alpha value is -1.17. The molecule has 0 aliphatic heterocycles. The minimum Gasteiger partial charge on any atom is -0.326 e. The quantitative estimate of drug-likeness (QED) is 0.822. The van der Waals surface area contributed by atoms with Crippen molar-refractivity contribution in [2.75, 3.05) is 0 Å². The Labute approximate surface area is 85.5 Å². The Morgan fingerprint density at radius 3 is 1.93 bits per heavy atom. The second kappa shape index (κ2) is 4.14. The van der Waals surface area contributed by atoms with E-state index < -0.39 is 12.6 Å². The number of rotatable bonds is 2. The molecule has 0 radical (unpaired) electrons. The van der Waals surface area contributed by atoms with Gasteiger partial charge in [0, 0.05) is 23.5 Å². The summed E-state index contributed by atoms with van der Waals surface area (Å²) >= 11 is 0. The lowest BCUT2D eigenvalue weighted by Gasteiger charge is -2.10. The number of hydrogen-bond acceptors (Lipinski definition) is 3. The number of hydrogen-bond donors (Lipinski definition) is 1. The third kappa shape index (κ3) is 3.16. The first kappa shape index (κ1) is 11.9. The molecule has 0 aliphatic carbocycles. The Balaban J connectivity index is 3.04. The maximum atomic E-state index is 12.1. The summed E-state index contributed by atoms with van der Waals surface area (Å²) in [5, 5.41) is 0. The number of nitrogens with zero attached hydrogens (tertiary/aromatic N) is 2. The minimum atomic E-state index is -4.27. The molecule has 0 aliphatic rings. The Morgan fingerprint density at radius 1 is 1.13 bits per heavy atom. The van der Waals surface area contributed by atoms with E-state index in [1.807, 2.05) is 0 Å². The van der Waals surface area contributed by atoms with E-state index >= 15 is 0 Å². The second-order valence-electron chi connectivity index (χ2n) is 3.29. The average Bonchev–Trinajstić information content (AvgIpc) is 1.99. The predicted molar refractivity (Wildman–Crippen MR) is 49.2 cm³/mol. The molecule has 0 saturated carbocycles. The first-order valence-corrected chi connectivity index (χ1v) is 4.43. The molecular weight excluding hydrogens is 207 g/mol. The Bertz CT molecular complexity index is 337. The van der Waals surface area contributed by atoms with Gasteiger partial charge in [0.05, 0.1) is 0 Å². The van der Waals surface area contributed by atoms with Crippen LogP contribution in [0.4, 0.5) is 13.2 Å². The molecule has 1 rings (SSSR count). The average molecular weight is 219 g/mol. The maximum absolute atomic E-state index is 12.1. The van der Waals surface area contributed by atoms with E-state index in [2.05, 4.69) is 9.97 Å². The van der Waals surface area contributed by atoms with E-state index in [1.165, 1.54) is 0 Å². The molecule has 1 aromatic rings. The maximum Gasteiger partial charge on any atom is 0.396 e. The van der Waals surface area contributed by atoms with Gasteiger partial charge < -0.3 is 5.73 Å². The molecule has 0 spiro atoms. The van der Waals surface area contributed by atoms with E-state index in [-0.39, 0.29) is 12.4 Å². The van der Waals surface area contributed by atoms with Crippen LogP contribution < -0.4 is 5.73 Å². The zero-order chi connectivity index (χ0) is 11.6. The SMILES string of the molecule is Cc1nc(CC(F)(F)F)nc(C)c1CN. The first-order valence-electron chi connectivity index (χ1n) is 4.43. The summed E-state index contributed by atoms with van der Waals surface area (Å²) in [5.74, 6) is -0.199. The molecule has 0 fully saturated rings. The van der Waals surface area contributed by atoms with Crippen molar-refractivity contribution in [2.24, 2.45) is 5.73 Å². The van der Waals surface area contributed by atoms with Gasteiger partial charge in [-0.25, -0.2) is 9.97 Å². The van der Waals surface area contributed by atoms with Crippen molar-refractivity contribution in [1.82, 2.24) is 9.97 Å². The summed E-state index contributed by atoms with van der Waals surface area (Å²) in [6, 6.07) is 0. The third-order valence-corrected chi connectivity index (χ3v) is 2.03. The van der Waals surface area contributed by atoms with Crippen LogP contribution in [-0.4, -0.2) is 16.1 Å². The predicted octanol–water partition coefficient (Wildman–Crippen LogP) is 1.66. The summed E-state index contributed by atoms with van der Waals surface area (Å²) in [6.45, 7) is 3.51. The van der Waals surface area contributed by atoms with Crippen LogP contribution in [0, 0.1) is 13.8 Å². The highest BCUT2D eigenvalue weighted by molar-refractivity contribution is 5.24. The summed E-state index contributed by atoms with van der Waals surface area (Å²) in [4.78, 5) is 7.56. The van der Waals surface area contributed by atoms with E-state index in [0.717, 1.165) is 0 Å². The lowest BCUT2D eigenvalue weighted by atomic mass is 10.1. The molecule has 15 heavy (non-hydrogen) atoms. The van der Waals surface area contributed by atoms with Gasteiger partial charge >= 0.3 is 6.18 Å². The summed E-state index contributed by atoms with van der Waals surface area (Å²) in [6.07, 6.45) is -5.37. The van der Waals surface area contributed by atoms with Gasteiger partial charge in [-0.05, 0) is 13.8 Å². The summed E-state index contributed by atoms with van der Waals surface area (Å²) in [7, 11) is 0. The molecule has 84 valence electrons. The standard InChI is InChI=1S/C9H12F3N3/c1-5-7(4-13)6(2)15-8(14-5)3-9(10,11)12/h3-4,13H2,1-2H3. The van der Waals surface area contributed by atoms with E-state index in [1.54, 1.807) is 13.8 Å². The first-order chi connectivity index (χ1) is 6.83. The molecule has 1 aromatic heterocycles. The Morgan fingerprint density at radius 2 is 1.60 bits per heavy atom. The van der Waals surface area contributed by atoms with Crippen LogP contribution >= 0.6 is 0 Å². The highest BCUT2D eigenvalue weighted by Gasteiger charge is 2.29. The van der Waals surface area contributed by atoms with Crippen molar-refractivity contribution in [3.05, 3.63) is 22.8 Å². The van der Waals surface area contributed by atoms with Crippen LogP contribution in [-0.2, 0) is 13.0 Å². The van der Waals surface area contributed by atoms with Gasteiger partial charge in [0.15, 0.2) is 0 Å². The van der Waals surface area contributed by atoms with Crippen molar-refractivity contribution in [2.45, 2.75) is 33.0 Å². The number of aromatic nitrogens is 2. The fourth-order valence-electron chi connectivity index (χ4n) is 1.36. The lowest BCUT2D eigenvalue weighted by Crippen LogP contribution is -2.17. The molecule has 0 aromatic carbocycles. The number of aryl methyl sites for hydroxylation is 2. The van der Waals surface area contributed by atoms with Gasteiger partial charge in [-0.3, -0.25) is 0 Å². The Kier molecular flexibility index (Phi) is 3.28. The van der Waals surface area contributed by atoms with Crippen molar-refractivity contribution >= 4 is 0 Å². The van der Waals surface area contributed by atoms with Gasteiger partial charge in [-0.2, -0.15) is 13.2 Å². The zero-order valence-corrected chi connectivity index (χ0v) is 8.52. The van der Waals surface area contributed by atoms with E-state index in [4.69, 9.17) is 5.73 Å². The third-order valence-electron chi connectivity index (χ3n) is 2.03. The highest BCUT2D eigenvalue weighted by Crippen LogP contribution is 2.20. The number of nitrogens with two attached hydrogens (primary N) is 1. The van der Waals surface area contributed by atoms with Crippen LogP contribution in [0.25, 0.3) is 0 Å². The second-order valence-corrected chi connectivity index (χ2v) is 3.29. The zero-order valence-electron chi connectivity index (χ0n) is 8.52. The van der Waals surface area contributed by atoms with Gasteiger partial charge in [-0.15, -0.1) is 0 Å². The van der Waals surface area contributed by atoms with Crippen molar-refractivity contribution in [1.29, 1.82) is 0 Å². The molecule has 0 atom stereocenters. The lowest BCUT2D eigenvalue weighted by molar-refractivity contribution is -0.128. The van der Waals surface area contributed by atoms with E-state index in [9.17, 15) is 13.2 Å². The highest BCUT2D eigenvalue weighted by atomic mass is 19.4. The van der Waals surface area contributed by atoms with Crippen LogP contribution in [0.3, 0.4) is 0 Å². The molecule has 3 nitrogen and oxygen atoms in total. The molecule has 0 unspecified atom stereocenters. The van der Waals surface area contributed by atoms with Crippen molar-refractivity contribution in [3.63, 3.8) is 0 Å². The normalized spacial score (nSPS) is 11.9. The van der Waals surface area contributed by atoms with Crippen LogP contribution in [0.15, 0.2) is 0 Å². The smallest absolute Gasteiger partial charge is 0.326 e. The number of halogens is 3. The molecule has 0 saturated heterocycles. The molecule has 1 heterocycles. The molecule has 0 bridgehead atoms. The van der Waals surface area contributed by atoms with Crippen molar-refractivity contribution in [3.8, 4) is 0 Å². The fraction of sp³-hybridized carbons (Fsp3) is 0.556. The van der Waals surface area contributed by atoms with Gasteiger partial charge in [0.25, 0.3) is 0 Å². The molecule has 2 N–H and O–H groups in total. The van der Waals surface area contributed by atoms with Crippen LogP contribution in [0.1, 0.15) is 22.8 Å². The van der Waals surface area contributed by atoms with Crippen LogP contribution in [0.2, 0.25) is 0 Å². The van der Waals surface area contributed by atoms with Crippen LogP contribution in [0.5, 0.6) is 0 Å². The molecule has 6 heteroatoms. The molecular formula is C9H12F3N3. The summed E-state index contributed by atoms with van der Waals surface area (Å²) in [5.41, 5.74) is 7.17. The minimum absolute atomic E-state index is 0.199. The monoisotopic (exact) mass is 219 g/mol. The van der Waals surface area contributed by atoms with Gasteiger partial charge in [0.1, 0.15) is 12.2 Å². The largest absolute Gasteiger partial charge is 0.396 e. The topological polar surface area (TPSA) is 51.8 Å². The molecule has 0 amide bonds. The fourth-order valence-corrected chi connectivity index (χ4v) is 1.36. The number of alkyl halides is 3. The van der Waals surface area contributed by atoms with Crippen molar-refractivity contribution < 1.29 is 13.2 Å². The van der Waals surface area contributed by atoms with Gasteiger partial charge in [-0.1, -0.05) is 0 Å².